The van der Waals surface area contributed by atoms with Gasteiger partial charge in [-0.1, -0.05) is 12.2 Å². The minimum absolute atomic E-state index is 0.0474. The van der Waals surface area contributed by atoms with E-state index in [4.69, 9.17) is 9.94 Å². The smallest absolute Gasteiger partial charge is 0.404 e. The fourth-order valence-corrected chi connectivity index (χ4v) is 3.10. The molecule has 1 fully saturated rings. The Balaban J connectivity index is 1.98. The number of hydrogen-bond donors (Lipinski definition) is 2. The molecule has 0 radical (unpaired) electrons. The average Bonchev–Trinajstić information content (AvgIpc) is 2.88. The molecule has 10 heteroatoms. The fraction of sp³-hybridized carbons (Fsp3) is 0.375. The molecule has 2 aliphatic rings. The molecule has 3 heterocycles. The van der Waals surface area contributed by atoms with Gasteiger partial charge >= 0.3 is 17.8 Å². The lowest BCUT2D eigenvalue weighted by atomic mass is 9.95. The summed E-state index contributed by atoms with van der Waals surface area (Å²) in [7, 11) is 1.59. The number of aryl methyl sites for hydroxylation is 1. The standard InChI is InChI=1S/C16H19N5O5/c1-3-4-26-21-13-9-20(16(21)25)11(7-18-15(23)24)5-12(13)10-6-17-14(22)19(2)8-10/h3,5-6,8,11,13,18H,1,4,7,9H2,2H3,(H,23,24)/t11?,13-/m0/s1. The van der Waals surface area contributed by atoms with Gasteiger partial charge in [-0.25, -0.2) is 19.4 Å². The van der Waals surface area contributed by atoms with Crippen LogP contribution in [0.25, 0.3) is 5.57 Å². The zero-order chi connectivity index (χ0) is 18.8. The average molecular weight is 361 g/mol. The fourth-order valence-electron chi connectivity index (χ4n) is 3.10. The number of fused-ring (bicyclic) bond motifs is 2. The van der Waals surface area contributed by atoms with Gasteiger partial charge in [0, 0.05) is 31.5 Å². The topological polar surface area (TPSA) is 117 Å². The van der Waals surface area contributed by atoms with Gasteiger partial charge in [0.2, 0.25) is 0 Å². The van der Waals surface area contributed by atoms with Crippen molar-refractivity contribution in [3.8, 4) is 0 Å². The van der Waals surface area contributed by atoms with Crippen LogP contribution >= 0.6 is 0 Å². The predicted octanol–water partition coefficient (Wildman–Crippen LogP) is 0.0373. The summed E-state index contributed by atoms with van der Waals surface area (Å²) in [6, 6.07) is -1.21. The normalized spacial score (nSPS) is 21.6. The van der Waals surface area contributed by atoms with Gasteiger partial charge in [-0.05, 0) is 5.57 Å². The number of nitrogens with one attached hydrogen (secondary N) is 1. The van der Waals surface area contributed by atoms with Gasteiger partial charge < -0.3 is 19.9 Å². The first-order chi connectivity index (χ1) is 12.4. The molecule has 2 bridgehead atoms. The highest BCUT2D eigenvalue weighted by molar-refractivity contribution is 5.85. The summed E-state index contributed by atoms with van der Waals surface area (Å²) >= 11 is 0. The maximum atomic E-state index is 12.7. The number of carbonyl (C=O) groups is 2. The third-order valence-electron chi connectivity index (χ3n) is 4.29. The van der Waals surface area contributed by atoms with Crippen LogP contribution in [0.4, 0.5) is 9.59 Å². The molecule has 0 aromatic carbocycles. The van der Waals surface area contributed by atoms with E-state index >= 15 is 0 Å². The maximum absolute atomic E-state index is 12.7. The Hall–Kier alpha value is -3.14. The van der Waals surface area contributed by atoms with Gasteiger partial charge in [-0.2, -0.15) is 5.06 Å². The van der Waals surface area contributed by atoms with Crippen LogP contribution in [0.2, 0.25) is 0 Å². The van der Waals surface area contributed by atoms with Gasteiger partial charge in [-0.3, -0.25) is 4.84 Å². The Morgan fingerprint density at radius 3 is 2.96 bits per heavy atom. The SMILES string of the molecule is C=CCON1C(=O)N2C[C@H]1C(c1cnc(=O)n(C)c1)=CC2CNC(=O)O. The molecule has 0 spiro atoms. The van der Waals surface area contributed by atoms with Crippen molar-refractivity contribution >= 4 is 17.7 Å². The Morgan fingerprint density at radius 2 is 2.31 bits per heavy atom. The maximum Gasteiger partial charge on any atom is 0.404 e. The molecule has 1 aromatic rings. The molecular formula is C16H19N5O5. The van der Waals surface area contributed by atoms with Gasteiger partial charge in [-0.15, -0.1) is 6.58 Å². The van der Waals surface area contributed by atoms with Crippen LogP contribution in [0.3, 0.4) is 0 Å². The largest absolute Gasteiger partial charge is 0.465 e. The monoisotopic (exact) mass is 361 g/mol. The van der Waals surface area contributed by atoms with Gasteiger partial charge in [0.15, 0.2) is 0 Å². The van der Waals surface area contributed by atoms with Crippen molar-refractivity contribution in [2.24, 2.45) is 7.05 Å². The van der Waals surface area contributed by atoms with Crippen LogP contribution in [-0.2, 0) is 11.9 Å². The number of rotatable bonds is 6. The first-order valence-electron chi connectivity index (χ1n) is 7.97. The lowest BCUT2D eigenvalue weighted by Crippen LogP contribution is -2.45. The van der Waals surface area contributed by atoms with E-state index in [1.54, 1.807) is 24.2 Å². The van der Waals surface area contributed by atoms with Crippen molar-refractivity contribution in [3.63, 3.8) is 0 Å². The molecule has 1 saturated heterocycles. The highest BCUT2D eigenvalue weighted by Gasteiger charge is 2.47. The number of nitrogens with zero attached hydrogens (tertiary/aromatic N) is 4. The van der Waals surface area contributed by atoms with Crippen LogP contribution in [0, 0.1) is 0 Å². The number of carboxylic acid groups (broad SMARTS) is 1. The second kappa shape index (κ2) is 7.00. The molecule has 3 amide bonds. The van der Waals surface area contributed by atoms with Crippen molar-refractivity contribution in [3.05, 3.63) is 47.2 Å². The number of urea groups is 1. The highest BCUT2D eigenvalue weighted by atomic mass is 16.7. The van der Waals surface area contributed by atoms with Crippen molar-refractivity contribution in [2.75, 3.05) is 19.7 Å². The van der Waals surface area contributed by atoms with Crippen molar-refractivity contribution in [1.82, 2.24) is 24.8 Å². The Labute approximate surface area is 148 Å². The number of carbonyl (C=O) groups excluding carboxylic acids is 1. The van der Waals surface area contributed by atoms with Gasteiger partial charge in [0.1, 0.15) is 6.04 Å². The molecule has 1 aromatic heterocycles. The van der Waals surface area contributed by atoms with E-state index in [0.29, 0.717) is 12.1 Å². The predicted molar refractivity (Wildman–Crippen MR) is 91.1 cm³/mol. The van der Waals surface area contributed by atoms with Crippen LogP contribution < -0.4 is 11.0 Å². The van der Waals surface area contributed by atoms with E-state index in [2.05, 4.69) is 16.9 Å². The number of hydrogen-bond acceptors (Lipinski definition) is 5. The van der Waals surface area contributed by atoms with E-state index < -0.39 is 17.8 Å². The molecule has 0 aliphatic carbocycles. The van der Waals surface area contributed by atoms with E-state index in [1.165, 1.54) is 21.9 Å². The molecule has 138 valence electrons. The Kier molecular flexibility index (Phi) is 4.76. The Morgan fingerprint density at radius 1 is 1.54 bits per heavy atom. The molecule has 26 heavy (non-hydrogen) atoms. The molecule has 10 nitrogen and oxygen atoms in total. The number of amides is 3. The van der Waals surface area contributed by atoms with Crippen LogP contribution in [-0.4, -0.2) is 68.5 Å². The van der Waals surface area contributed by atoms with Crippen molar-refractivity contribution in [2.45, 2.75) is 12.1 Å². The summed E-state index contributed by atoms with van der Waals surface area (Å²) in [4.78, 5) is 45.9. The summed E-state index contributed by atoms with van der Waals surface area (Å²) in [5.41, 5.74) is 1.02. The zero-order valence-electron chi connectivity index (χ0n) is 14.2. The van der Waals surface area contributed by atoms with E-state index in [9.17, 15) is 14.4 Å². The quantitative estimate of drug-likeness (QED) is 0.691. The van der Waals surface area contributed by atoms with Crippen LogP contribution in [0.5, 0.6) is 0 Å². The second-order valence-electron chi connectivity index (χ2n) is 5.97. The summed E-state index contributed by atoms with van der Waals surface area (Å²) in [5, 5.41) is 12.4. The van der Waals surface area contributed by atoms with Crippen molar-refractivity contribution < 1.29 is 19.5 Å². The lowest BCUT2D eigenvalue weighted by Gasteiger charge is -2.29. The highest BCUT2D eigenvalue weighted by Crippen LogP contribution is 2.34. The number of hydroxylamine groups is 2. The third-order valence-corrected chi connectivity index (χ3v) is 4.29. The molecular weight excluding hydrogens is 342 g/mol. The number of aromatic nitrogens is 2. The summed E-state index contributed by atoms with van der Waals surface area (Å²) in [6.45, 7) is 4.13. The lowest BCUT2D eigenvalue weighted by molar-refractivity contribution is -0.105. The summed E-state index contributed by atoms with van der Waals surface area (Å²) in [6.07, 6.45) is 5.25. The van der Waals surface area contributed by atoms with E-state index in [0.717, 1.165) is 5.57 Å². The minimum atomic E-state index is -1.17. The summed E-state index contributed by atoms with van der Waals surface area (Å²) in [5.74, 6) is 0. The molecule has 2 atom stereocenters. The molecule has 2 N–H and O–H groups in total. The Bertz CT molecular complexity index is 833. The van der Waals surface area contributed by atoms with Crippen molar-refractivity contribution in [1.29, 1.82) is 0 Å². The van der Waals surface area contributed by atoms with Gasteiger partial charge in [0.05, 0.1) is 19.2 Å². The zero-order valence-corrected chi connectivity index (χ0v) is 14.2. The molecule has 1 unspecified atom stereocenters. The molecule has 2 aliphatic heterocycles. The van der Waals surface area contributed by atoms with Crippen LogP contribution in [0.15, 0.2) is 35.9 Å². The molecule has 0 saturated carbocycles. The minimum Gasteiger partial charge on any atom is -0.465 e. The van der Waals surface area contributed by atoms with Gasteiger partial charge in [0.25, 0.3) is 0 Å². The van der Waals surface area contributed by atoms with E-state index in [-0.39, 0.29) is 25.2 Å². The first kappa shape index (κ1) is 17.7. The van der Waals surface area contributed by atoms with Crippen LogP contribution in [0.1, 0.15) is 5.56 Å². The second-order valence-corrected chi connectivity index (χ2v) is 5.97. The third kappa shape index (κ3) is 3.18. The first-order valence-corrected chi connectivity index (χ1v) is 7.97. The molecule has 3 rings (SSSR count). The summed E-state index contributed by atoms with van der Waals surface area (Å²) < 4.78 is 1.35. The van der Waals surface area contributed by atoms with E-state index in [1.807, 2.05) is 0 Å².